The van der Waals surface area contributed by atoms with Gasteiger partial charge in [-0.15, -0.1) is 0 Å². The number of carboxylic acid groups (broad SMARTS) is 1. The Balaban J connectivity index is 1.85. The van der Waals surface area contributed by atoms with E-state index in [9.17, 15) is 9.59 Å². The van der Waals surface area contributed by atoms with Crippen molar-refractivity contribution in [1.29, 1.82) is 0 Å². The summed E-state index contributed by atoms with van der Waals surface area (Å²) in [7, 11) is 1.53. The Labute approximate surface area is 127 Å². The van der Waals surface area contributed by atoms with Gasteiger partial charge < -0.3 is 20.1 Å². The van der Waals surface area contributed by atoms with Gasteiger partial charge in [-0.05, 0) is 18.9 Å². The number of pyridine rings is 1. The summed E-state index contributed by atoms with van der Waals surface area (Å²) < 4.78 is 5.14. The molecular formula is C14H18N4O4. The second-order valence-corrected chi connectivity index (χ2v) is 5.34. The van der Waals surface area contributed by atoms with Crippen LogP contribution in [-0.4, -0.2) is 59.8 Å². The van der Waals surface area contributed by atoms with E-state index < -0.39 is 6.09 Å². The van der Waals surface area contributed by atoms with Gasteiger partial charge in [-0.2, -0.15) is 4.98 Å². The summed E-state index contributed by atoms with van der Waals surface area (Å²) in [4.78, 5) is 30.8. The standard InChI is InChI=1S/C14H18N4O4/c1-22-11-3-2-10-13(16-11)18(12(19)8-15-10)9-4-6-17(7-5-9)14(20)21/h2-3,9,15H,4-8H2,1H3,(H,20,21). The van der Waals surface area contributed by atoms with E-state index in [1.807, 2.05) is 6.07 Å². The van der Waals surface area contributed by atoms with E-state index in [1.165, 1.54) is 12.0 Å². The summed E-state index contributed by atoms with van der Waals surface area (Å²) in [6, 6.07) is 3.54. The van der Waals surface area contributed by atoms with E-state index in [2.05, 4.69) is 10.3 Å². The van der Waals surface area contributed by atoms with Crippen LogP contribution < -0.4 is 15.0 Å². The van der Waals surface area contributed by atoms with Crippen molar-refractivity contribution in [3.05, 3.63) is 12.1 Å². The van der Waals surface area contributed by atoms with Crippen molar-refractivity contribution in [2.75, 3.05) is 37.0 Å². The third kappa shape index (κ3) is 2.51. The van der Waals surface area contributed by atoms with Crippen molar-refractivity contribution in [1.82, 2.24) is 9.88 Å². The third-order valence-electron chi connectivity index (χ3n) is 4.09. The Hall–Kier alpha value is -2.51. The molecule has 1 aromatic rings. The second kappa shape index (κ2) is 5.70. The van der Waals surface area contributed by atoms with Crippen molar-refractivity contribution in [2.24, 2.45) is 0 Å². The molecule has 2 aliphatic heterocycles. The van der Waals surface area contributed by atoms with Gasteiger partial charge in [0.05, 0.1) is 19.3 Å². The molecule has 8 nitrogen and oxygen atoms in total. The largest absolute Gasteiger partial charge is 0.481 e. The molecule has 1 fully saturated rings. The Morgan fingerprint density at radius 1 is 1.41 bits per heavy atom. The van der Waals surface area contributed by atoms with Gasteiger partial charge in [0.2, 0.25) is 11.8 Å². The average molecular weight is 306 g/mol. The molecule has 8 heteroatoms. The van der Waals surface area contributed by atoms with Crippen LogP contribution in [0.3, 0.4) is 0 Å². The molecule has 0 bridgehead atoms. The maximum Gasteiger partial charge on any atom is 0.407 e. The van der Waals surface area contributed by atoms with E-state index in [0.717, 1.165) is 5.69 Å². The van der Waals surface area contributed by atoms with Crippen molar-refractivity contribution >= 4 is 23.5 Å². The van der Waals surface area contributed by atoms with Crippen LogP contribution in [0.5, 0.6) is 5.88 Å². The number of aromatic nitrogens is 1. The minimum absolute atomic E-state index is 0.0384. The molecule has 0 atom stereocenters. The van der Waals surface area contributed by atoms with Crippen molar-refractivity contribution < 1.29 is 19.4 Å². The Morgan fingerprint density at radius 3 is 2.77 bits per heavy atom. The number of nitrogens with one attached hydrogen (secondary N) is 1. The number of amides is 2. The number of piperidine rings is 1. The van der Waals surface area contributed by atoms with Crippen molar-refractivity contribution in [3.8, 4) is 5.88 Å². The van der Waals surface area contributed by atoms with Gasteiger partial charge in [0.25, 0.3) is 0 Å². The molecule has 1 aromatic heterocycles. The van der Waals surface area contributed by atoms with Crippen LogP contribution in [0.25, 0.3) is 0 Å². The predicted molar refractivity (Wildman–Crippen MR) is 79.4 cm³/mol. The number of anilines is 2. The topological polar surface area (TPSA) is 95.0 Å². The van der Waals surface area contributed by atoms with Crippen LogP contribution in [0, 0.1) is 0 Å². The first kappa shape index (κ1) is 14.4. The molecular weight excluding hydrogens is 288 g/mol. The summed E-state index contributed by atoms with van der Waals surface area (Å²) in [6.07, 6.45) is 0.303. The first-order valence-electron chi connectivity index (χ1n) is 7.19. The average Bonchev–Trinajstić information content (AvgIpc) is 2.54. The Bertz CT molecular complexity index is 599. The first-order chi connectivity index (χ1) is 10.6. The maximum absolute atomic E-state index is 12.3. The zero-order valence-electron chi connectivity index (χ0n) is 12.3. The quantitative estimate of drug-likeness (QED) is 0.846. The summed E-state index contributed by atoms with van der Waals surface area (Å²) >= 11 is 0. The summed E-state index contributed by atoms with van der Waals surface area (Å²) in [5.41, 5.74) is 0.793. The summed E-state index contributed by atoms with van der Waals surface area (Å²) in [6.45, 7) is 1.08. The zero-order chi connectivity index (χ0) is 15.7. The second-order valence-electron chi connectivity index (χ2n) is 5.34. The normalized spacial score (nSPS) is 18.7. The SMILES string of the molecule is COc1ccc2c(n1)N(C1CCN(C(=O)O)CC1)C(=O)CN2. The van der Waals surface area contributed by atoms with Gasteiger partial charge in [-0.3, -0.25) is 9.69 Å². The van der Waals surface area contributed by atoms with Crippen LogP contribution in [-0.2, 0) is 4.79 Å². The number of carbonyl (C=O) groups is 2. The van der Waals surface area contributed by atoms with Gasteiger partial charge in [-0.1, -0.05) is 0 Å². The molecule has 0 saturated carbocycles. The lowest BCUT2D eigenvalue weighted by molar-refractivity contribution is -0.117. The number of nitrogens with zero attached hydrogens (tertiary/aromatic N) is 3. The van der Waals surface area contributed by atoms with Crippen LogP contribution in [0.2, 0.25) is 0 Å². The molecule has 3 heterocycles. The van der Waals surface area contributed by atoms with E-state index >= 15 is 0 Å². The predicted octanol–water partition coefficient (Wildman–Crippen LogP) is 0.991. The number of carbonyl (C=O) groups excluding carboxylic acids is 1. The van der Waals surface area contributed by atoms with Gasteiger partial charge in [0.15, 0.2) is 5.82 Å². The van der Waals surface area contributed by atoms with Gasteiger partial charge in [-0.25, -0.2) is 4.79 Å². The van der Waals surface area contributed by atoms with E-state index in [-0.39, 0.29) is 18.5 Å². The molecule has 0 unspecified atom stereocenters. The molecule has 118 valence electrons. The molecule has 22 heavy (non-hydrogen) atoms. The summed E-state index contributed by atoms with van der Waals surface area (Å²) in [5, 5.41) is 12.1. The molecule has 1 saturated heterocycles. The maximum atomic E-state index is 12.3. The monoisotopic (exact) mass is 306 g/mol. The lowest BCUT2D eigenvalue weighted by atomic mass is 10.0. The number of methoxy groups -OCH3 is 1. The zero-order valence-corrected chi connectivity index (χ0v) is 12.3. The number of rotatable bonds is 2. The molecule has 0 radical (unpaired) electrons. The Kier molecular flexibility index (Phi) is 3.74. The highest BCUT2D eigenvalue weighted by Gasteiger charge is 2.34. The fourth-order valence-corrected chi connectivity index (χ4v) is 2.93. The lowest BCUT2D eigenvalue weighted by Crippen LogP contribution is -2.52. The minimum Gasteiger partial charge on any atom is -0.481 e. The number of ether oxygens (including phenoxy) is 1. The molecule has 2 N–H and O–H groups in total. The fourth-order valence-electron chi connectivity index (χ4n) is 2.93. The highest BCUT2D eigenvalue weighted by Crippen LogP contribution is 2.33. The smallest absolute Gasteiger partial charge is 0.407 e. The van der Waals surface area contributed by atoms with E-state index in [1.54, 1.807) is 11.0 Å². The van der Waals surface area contributed by atoms with Gasteiger partial charge in [0, 0.05) is 25.2 Å². The molecule has 2 amide bonds. The highest BCUT2D eigenvalue weighted by molar-refractivity contribution is 6.02. The molecule has 0 aromatic carbocycles. The van der Waals surface area contributed by atoms with Crippen LogP contribution >= 0.6 is 0 Å². The van der Waals surface area contributed by atoms with Crippen molar-refractivity contribution in [2.45, 2.75) is 18.9 Å². The lowest BCUT2D eigenvalue weighted by Gasteiger charge is -2.39. The highest BCUT2D eigenvalue weighted by atomic mass is 16.5. The van der Waals surface area contributed by atoms with Crippen LogP contribution in [0.4, 0.5) is 16.3 Å². The van der Waals surface area contributed by atoms with Crippen LogP contribution in [0.15, 0.2) is 12.1 Å². The minimum atomic E-state index is -0.912. The van der Waals surface area contributed by atoms with Gasteiger partial charge in [0.1, 0.15) is 0 Å². The molecule has 2 aliphatic rings. The van der Waals surface area contributed by atoms with Crippen molar-refractivity contribution in [3.63, 3.8) is 0 Å². The first-order valence-corrected chi connectivity index (χ1v) is 7.19. The number of likely N-dealkylation sites (tertiary alicyclic amines) is 1. The van der Waals surface area contributed by atoms with Gasteiger partial charge >= 0.3 is 6.09 Å². The summed E-state index contributed by atoms with van der Waals surface area (Å²) in [5.74, 6) is 0.953. The van der Waals surface area contributed by atoms with E-state index in [0.29, 0.717) is 37.6 Å². The van der Waals surface area contributed by atoms with Crippen LogP contribution in [0.1, 0.15) is 12.8 Å². The Morgan fingerprint density at radius 2 is 2.14 bits per heavy atom. The third-order valence-corrected chi connectivity index (χ3v) is 4.09. The number of hydrogen-bond acceptors (Lipinski definition) is 5. The molecule has 0 aliphatic carbocycles. The molecule has 3 rings (SSSR count). The number of hydrogen-bond donors (Lipinski definition) is 2. The van der Waals surface area contributed by atoms with E-state index in [4.69, 9.17) is 9.84 Å². The number of fused-ring (bicyclic) bond motifs is 1. The molecule has 0 spiro atoms. The fraction of sp³-hybridized carbons (Fsp3) is 0.500.